The van der Waals surface area contributed by atoms with E-state index < -0.39 is 0 Å². The number of ether oxygens (including phenoxy) is 2. The number of esters is 1. The van der Waals surface area contributed by atoms with Crippen molar-refractivity contribution in [2.24, 2.45) is 5.41 Å². The van der Waals surface area contributed by atoms with Gasteiger partial charge in [-0.2, -0.15) is 0 Å². The van der Waals surface area contributed by atoms with E-state index in [1.807, 2.05) is 0 Å². The van der Waals surface area contributed by atoms with Crippen molar-refractivity contribution in [2.75, 3.05) is 26.3 Å². The zero-order chi connectivity index (χ0) is 12.3. The Bertz CT molecular complexity index is 308. The Labute approximate surface area is 101 Å². The first-order valence-corrected chi connectivity index (χ1v) is 6.27. The third-order valence-electron chi connectivity index (χ3n) is 3.61. The molecule has 1 spiro atoms. The van der Waals surface area contributed by atoms with E-state index in [0.717, 1.165) is 12.8 Å². The maximum atomic E-state index is 11.7. The lowest BCUT2D eigenvalue weighted by atomic mass is 9.76. The second kappa shape index (κ2) is 4.94. The SMILES string of the molecule is CCCCOC(=O)N1CCC2(CC1)COC2=O. The Kier molecular flexibility index (Phi) is 3.54. The van der Waals surface area contributed by atoms with Crippen molar-refractivity contribution in [3.63, 3.8) is 0 Å². The van der Waals surface area contributed by atoms with Gasteiger partial charge in [0.05, 0.1) is 6.61 Å². The fourth-order valence-corrected chi connectivity index (χ4v) is 2.20. The maximum Gasteiger partial charge on any atom is 0.409 e. The summed E-state index contributed by atoms with van der Waals surface area (Å²) in [6.45, 7) is 4.25. The minimum absolute atomic E-state index is 0.100. The summed E-state index contributed by atoms with van der Waals surface area (Å²) in [5.41, 5.74) is -0.291. The number of unbranched alkanes of at least 4 members (excludes halogenated alkanes) is 1. The lowest BCUT2D eigenvalue weighted by Crippen LogP contribution is -2.55. The van der Waals surface area contributed by atoms with Crippen LogP contribution in [0.2, 0.25) is 0 Å². The molecule has 0 aromatic rings. The summed E-state index contributed by atoms with van der Waals surface area (Å²) in [5, 5.41) is 0. The minimum atomic E-state index is -0.291. The van der Waals surface area contributed by atoms with E-state index in [9.17, 15) is 9.59 Å². The van der Waals surface area contributed by atoms with Crippen molar-refractivity contribution >= 4 is 12.1 Å². The van der Waals surface area contributed by atoms with Gasteiger partial charge in [-0.05, 0) is 19.3 Å². The number of hydrogen-bond donors (Lipinski definition) is 0. The fourth-order valence-electron chi connectivity index (χ4n) is 2.20. The second-order valence-corrected chi connectivity index (χ2v) is 4.81. The third-order valence-corrected chi connectivity index (χ3v) is 3.61. The summed E-state index contributed by atoms with van der Waals surface area (Å²) in [5.74, 6) is -0.100. The zero-order valence-corrected chi connectivity index (χ0v) is 10.2. The molecule has 2 fully saturated rings. The summed E-state index contributed by atoms with van der Waals surface area (Å²) < 4.78 is 9.96. The Balaban J connectivity index is 1.75. The summed E-state index contributed by atoms with van der Waals surface area (Å²) >= 11 is 0. The second-order valence-electron chi connectivity index (χ2n) is 4.81. The standard InChI is InChI=1S/C12H19NO4/c1-2-3-8-16-11(15)13-6-4-12(5-7-13)9-17-10(12)14/h2-9H2,1H3. The number of nitrogens with zero attached hydrogens (tertiary/aromatic N) is 1. The van der Waals surface area contributed by atoms with Crippen molar-refractivity contribution in [3.8, 4) is 0 Å². The molecule has 2 rings (SSSR count). The predicted molar refractivity (Wildman–Crippen MR) is 60.5 cm³/mol. The molecule has 2 aliphatic rings. The van der Waals surface area contributed by atoms with Crippen LogP contribution in [0.15, 0.2) is 0 Å². The molecule has 17 heavy (non-hydrogen) atoms. The molecular formula is C12H19NO4. The normalized spacial score (nSPS) is 21.9. The molecule has 0 unspecified atom stereocenters. The molecule has 1 amide bonds. The Hall–Kier alpha value is -1.26. The van der Waals surface area contributed by atoms with Gasteiger partial charge in [-0.25, -0.2) is 4.79 Å². The third kappa shape index (κ3) is 2.37. The van der Waals surface area contributed by atoms with Gasteiger partial charge in [-0.1, -0.05) is 13.3 Å². The molecule has 96 valence electrons. The first-order valence-electron chi connectivity index (χ1n) is 6.27. The average molecular weight is 241 g/mol. The van der Waals surface area contributed by atoms with Crippen LogP contribution in [0, 0.1) is 5.41 Å². The van der Waals surface area contributed by atoms with Crippen molar-refractivity contribution < 1.29 is 19.1 Å². The average Bonchev–Trinajstić information content (AvgIpc) is 2.37. The van der Waals surface area contributed by atoms with Gasteiger partial charge >= 0.3 is 12.1 Å². The molecule has 0 N–H and O–H groups in total. The largest absolute Gasteiger partial charge is 0.464 e. The van der Waals surface area contributed by atoms with E-state index in [1.54, 1.807) is 4.90 Å². The highest BCUT2D eigenvalue weighted by Gasteiger charge is 2.51. The Morgan fingerprint density at radius 3 is 2.65 bits per heavy atom. The summed E-state index contributed by atoms with van der Waals surface area (Å²) in [6.07, 6.45) is 3.07. The van der Waals surface area contributed by atoms with Crippen LogP contribution in [0.5, 0.6) is 0 Å². The smallest absolute Gasteiger partial charge is 0.409 e. The number of hydrogen-bond acceptors (Lipinski definition) is 4. The Morgan fingerprint density at radius 1 is 1.47 bits per heavy atom. The van der Waals surface area contributed by atoms with Crippen molar-refractivity contribution in [1.29, 1.82) is 0 Å². The van der Waals surface area contributed by atoms with Crippen LogP contribution in [-0.4, -0.2) is 43.3 Å². The van der Waals surface area contributed by atoms with E-state index in [-0.39, 0.29) is 17.5 Å². The molecule has 5 nitrogen and oxygen atoms in total. The van der Waals surface area contributed by atoms with E-state index in [4.69, 9.17) is 9.47 Å². The highest BCUT2D eigenvalue weighted by atomic mass is 16.6. The van der Waals surface area contributed by atoms with E-state index in [0.29, 0.717) is 39.1 Å². The molecule has 2 saturated heterocycles. The molecule has 0 atom stereocenters. The lowest BCUT2D eigenvalue weighted by molar-refractivity contribution is -0.191. The van der Waals surface area contributed by atoms with Gasteiger partial charge in [0.25, 0.3) is 0 Å². The maximum absolute atomic E-state index is 11.7. The molecule has 0 radical (unpaired) electrons. The molecule has 0 bridgehead atoms. The number of cyclic esters (lactones) is 1. The number of piperidine rings is 1. The molecule has 2 aliphatic heterocycles. The summed E-state index contributed by atoms with van der Waals surface area (Å²) in [4.78, 5) is 24.7. The van der Waals surface area contributed by atoms with Crippen LogP contribution < -0.4 is 0 Å². The number of carbonyl (C=O) groups excluding carboxylic acids is 2. The quantitative estimate of drug-likeness (QED) is 0.556. The summed E-state index contributed by atoms with van der Waals surface area (Å²) in [7, 11) is 0. The molecule has 5 heteroatoms. The van der Waals surface area contributed by atoms with Gasteiger partial charge in [-0.15, -0.1) is 0 Å². The van der Waals surface area contributed by atoms with Crippen LogP contribution in [-0.2, 0) is 14.3 Å². The van der Waals surface area contributed by atoms with E-state index in [2.05, 4.69) is 6.92 Å². The molecule has 2 heterocycles. The first-order chi connectivity index (χ1) is 8.18. The molecule has 0 aromatic carbocycles. The number of carbonyl (C=O) groups is 2. The number of likely N-dealkylation sites (tertiary alicyclic amines) is 1. The zero-order valence-electron chi connectivity index (χ0n) is 10.2. The topological polar surface area (TPSA) is 55.8 Å². The number of rotatable bonds is 3. The van der Waals surface area contributed by atoms with Crippen LogP contribution in [0.1, 0.15) is 32.6 Å². The van der Waals surface area contributed by atoms with Crippen LogP contribution in [0.4, 0.5) is 4.79 Å². The fraction of sp³-hybridized carbons (Fsp3) is 0.833. The van der Waals surface area contributed by atoms with Crippen LogP contribution in [0.3, 0.4) is 0 Å². The highest BCUT2D eigenvalue weighted by molar-refractivity contribution is 5.82. The lowest BCUT2D eigenvalue weighted by Gasteiger charge is -2.44. The first kappa shape index (κ1) is 12.2. The van der Waals surface area contributed by atoms with Gasteiger partial charge < -0.3 is 14.4 Å². The van der Waals surface area contributed by atoms with Crippen molar-refractivity contribution in [2.45, 2.75) is 32.6 Å². The number of amides is 1. The monoisotopic (exact) mass is 241 g/mol. The predicted octanol–water partition coefficient (Wildman–Crippen LogP) is 1.56. The van der Waals surface area contributed by atoms with Gasteiger partial charge in [0.2, 0.25) is 0 Å². The Morgan fingerprint density at radius 2 is 2.18 bits per heavy atom. The van der Waals surface area contributed by atoms with Crippen LogP contribution >= 0.6 is 0 Å². The van der Waals surface area contributed by atoms with E-state index in [1.165, 1.54) is 0 Å². The van der Waals surface area contributed by atoms with E-state index >= 15 is 0 Å². The van der Waals surface area contributed by atoms with Crippen LogP contribution in [0.25, 0.3) is 0 Å². The van der Waals surface area contributed by atoms with Crippen molar-refractivity contribution in [3.05, 3.63) is 0 Å². The molecular weight excluding hydrogens is 222 g/mol. The molecule has 0 aromatic heterocycles. The van der Waals surface area contributed by atoms with Gasteiger partial charge in [0.1, 0.15) is 12.0 Å². The molecule has 0 aliphatic carbocycles. The van der Waals surface area contributed by atoms with Gasteiger partial charge in [-0.3, -0.25) is 4.79 Å². The van der Waals surface area contributed by atoms with Gasteiger partial charge in [0.15, 0.2) is 0 Å². The van der Waals surface area contributed by atoms with Gasteiger partial charge in [0, 0.05) is 13.1 Å². The summed E-state index contributed by atoms with van der Waals surface area (Å²) in [6, 6.07) is 0. The molecule has 0 saturated carbocycles. The highest BCUT2D eigenvalue weighted by Crippen LogP contribution is 2.39. The van der Waals surface area contributed by atoms with Crippen molar-refractivity contribution in [1.82, 2.24) is 4.90 Å². The minimum Gasteiger partial charge on any atom is -0.464 e.